The number of hydrogen-bond donors (Lipinski definition) is 3. The maximum absolute atomic E-state index is 11.9. The average Bonchev–Trinajstić information content (AvgIpc) is 3.06. The summed E-state index contributed by atoms with van der Waals surface area (Å²) in [6, 6.07) is 1.79. The minimum Gasteiger partial charge on any atom is -0.393 e. The third kappa shape index (κ3) is 3.68. The smallest absolute Gasteiger partial charge is 0.267 e. The zero-order valence-electron chi connectivity index (χ0n) is 11.6. The molecule has 0 bridgehead atoms. The summed E-state index contributed by atoms with van der Waals surface area (Å²) >= 11 is 1.58. The van der Waals surface area contributed by atoms with Gasteiger partial charge in [-0.05, 0) is 25.8 Å². The first-order chi connectivity index (χ1) is 9.60. The molecule has 5 nitrogen and oxygen atoms in total. The fourth-order valence-electron chi connectivity index (χ4n) is 1.82. The van der Waals surface area contributed by atoms with Crippen molar-refractivity contribution in [3.05, 3.63) is 28.3 Å². The number of nitrogens with one attached hydrogen (secondary N) is 2. The van der Waals surface area contributed by atoms with E-state index in [1.165, 1.54) is 0 Å². The molecule has 0 aromatic carbocycles. The van der Waals surface area contributed by atoms with Crippen LogP contribution in [-0.2, 0) is 0 Å². The van der Waals surface area contributed by atoms with Crippen molar-refractivity contribution in [3.63, 3.8) is 0 Å². The molecule has 0 aliphatic rings. The molecule has 1 amide bonds. The Hall–Kier alpha value is -1.66. The van der Waals surface area contributed by atoms with Gasteiger partial charge < -0.3 is 15.4 Å². The summed E-state index contributed by atoms with van der Waals surface area (Å²) in [6.45, 7) is 4.34. The molecule has 2 aromatic heterocycles. The van der Waals surface area contributed by atoms with Crippen molar-refractivity contribution in [2.75, 3.05) is 6.54 Å². The van der Waals surface area contributed by atoms with Crippen LogP contribution in [0.15, 0.2) is 17.6 Å². The minimum absolute atomic E-state index is 0.161. The van der Waals surface area contributed by atoms with E-state index in [1.54, 1.807) is 23.6 Å². The van der Waals surface area contributed by atoms with E-state index in [-0.39, 0.29) is 12.0 Å². The molecule has 1 atom stereocenters. The van der Waals surface area contributed by atoms with Gasteiger partial charge in [0.15, 0.2) is 0 Å². The molecule has 1 unspecified atom stereocenters. The highest BCUT2D eigenvalue weighted by molar-refractivity contribution is 7.09. The minimum atomic E-state index is -0.354. The van der Waals surface area contributed by atoms with E-state index in [0.29, 0.717) is 25.1 Å². The molecule has 2 aromatic rings. The highest BCUT2D eigenvalue weighted by Gasteiger charge is 2.11. The van der Waals surface area contributed by atoms with E-state index < -0.39 is 0 Å². The van der Waals surface area contributed by atoms with Gasteiger partial charge in [0.1, 0.15) is 5.69 Å². The first-order valence-electron chi connectivity index (χ1n) is 6.67. The number of aliphatic hydroxyl groups excluding tert-OH is 1. The van der Waals surface area contributed by atoms with Gasteiger partial charge in [-0.2, -0.15) is 0 Å². The highest BCUT2D eigenvalue weighted by atomic mass is 32.1. The Morgan fingerprint density at radius 1 is 1.60 bits per heavy atom. The van der Waals surface area contributed by atoms with E-state index in [4.69, 9.17) is 0 Å². The van der Waals surface area contributed by atoms with Crippen LogP contribution in [0.5, 0.6) is 0 Å². The number of H-pyrrole nitrogens is 1. The second-order valence-electron chi connectivity index (χ2n) is 4.66. The van der Waals surface area contributed by atoms with Gasteiger partial charge >= 0.3 is 0 Å². The summed E-state index contributed by atoms with van der Waals surface area (Å²) < 4.78 is 0. The molecular weight excluding hydrogens is 274 g/mol. The Bertz CT molecular complexity index is 576. The number of amides is 1. The molecule has 20 heavy (non-hydrogen) atoms. The van der Waals surface area contributed by atoms with Crippen LogP contribution in [0.4, 0.5) is 0 Å². The largest absolute Gasteiger partial charge is 0.393 e. The predicted molar refractivity (Wildman–Crippen MR) is 79.9 cm³/mol. The molecule has 0 radical (unpaired) electrons. The number of carbonyl (C=O) groups excluding carboxylic acids is 1. The van der Waals surface area contributed by atoms with Gasteiger partial charge in [0.2, 0.25) is 0 Å². The Kier molecular flexibility index (Phi) is 4.92. The van der Waals surface area contributed by atoms with E-state index in [0.717, 1.165) is 16.3 Å². The number of aromatic amines is 1. The van der Waals surface area contributed by atoms with Gasteiger partial charge in [0.05, 0.1) is 16.8 Å². The zero-order chi connectivity index (χ0) is 14.5. The van der Waals surface area contributed by atoms with Crippen LogP contribution >= 0.6 is 11.3 Å². The molecule has 0 saturated heterocycles. The molecular formula is C14H19N3O2S. The summed E-state index contributed by atoms with van der Waals surface area (Å²) in [7, 11) is 0. The quantitative estimate of drug-likeness (QED) is 0.765. The van der Waals surface area contributed by atoms with Gasteiger partial charge in [-0.1, -0.05) is 6.92 Å². The third-order valence-corrected chi connectivity index (χ3v) is 3.85. The molecule has 2 heterocycles. The number of rotatable bonds is 6. The van der Waals surface area contributed by atoms with Crippen LogP contribution in [0.1, 0.15) is 35.3 Å². The molecule has 108 valence electrons. The fourth-order valence-corrected chi connectivity index (χ4v) is 2.44. The SMILES string of the molecule is CCC(O)CCNC(=O)c1cc(-c2csc(C)n2)c[nH]1. The van der Waals surface area contributed by atoms with Gasteiger partial charge in [-0.3, -0.25) is 4.79 Å². The second-order valence-corrected chi connectivity index (χ2v) is 5.72. The van der Waals surface area contributed by atoms with Crippen LogP contribution in [0.25, 0.3) is 11.3 Å². The standard InChI is InChI=1S/C14H19N3O2S/c1-3-11(18)4-5-15-14(19)12-6-10(7-16-12)13-8-20-9(2)17-13/h6-8,11,16,18H,3-5H2,1-2H3,(H,15,19). The van der Waals surface area contributed by atoms with Crippen LogP contribution in [-0.4, -0.2) is 33.6 Å². The predicted octanol–water partition coefficient (Wildman–Crippen LogP) is 2.34. The third-order valence-electron chi connectivity index (χ3n) is 3.08. The molecule has 0 aliphatic heterocycles. The van der Waals surface area contributed by atoms with E-state index in [9.17, 15) is 9.90 Å². The summed E-state index contributed by atoms with van der Waals surface area (Å²) in [5, 5.41) is 15.2. The Labute approximate surface area is 122 Å². The average molecular weight is 293 g/mol. The monoisotopic (exact) mass is 293 g/mol. The lowest BCUT2D eigenvalue weighted by molar-refractivity contribution is 0.0937. The topological polar surface area (TPSA) is 78.0 Å². The van der Waals surface area contributed by atoms with Crippen LogP contribution in [0.3, 0.4) is 0 Å². The van der Waals surface area contributed by atoms with Gasteiger partial charge in [-0.15, -0.1) is 11.3 Å². The van der Waals surface area contributed by atoms with Crippen molar-refractivity contribution in [2.45, 2.75) is 32.8 Å². The fraction of sp³-hybridized carbons (Fsp3) is 0.429. The number of aliphatic hydroxyl groups is 1. The summed E-state index contributed by atoms with van der Waals surface area (Å²) in [5.41, 5.74) is 2.30. The normalized spacial score (nSPS) is 12.3. The van der Waals surface area contributed by atoms with Crippen molar-refractivity contribution in [1.82, 2.24) is 15.3 Å². The van der Waals surface area contributed by atoms with Crippen molar-refractivity contribution >= 4 is 17.2 Å². The van der Waals surface area contributed by atoms with Crippen molar-refractivity contribution in [3.8, 4) is 11.3 Å². The van der Waals surface area contributed by atoms with Crippen LogP contribution in [0.2, 0.25) is 0 Å². The Morgan fingerprint density at radius 3 is 3.05 bits per heavy atom. The summed E-state index contributed by atoms with van der Waals surface area (Å²) in [6.07, 6.45) is 2.70. The lowest BCUT2D eigenvalue weighted by Gasteiger charge is -2.07. The number of carbonyl (C=O) groups is 1. The lowest BCUT2D eigenvalue weighted by Crippen LogP contribution is -2.27. The number of aromatic nitrogens is 2. The van der Waals surface area contributed by atoms with Crippen molar-refractivity contribution < 1.29 is 9.90 Å². The lowest BCUT2D eigenvalue weighted by atomic mass is 10.2. The van der Waals surface area contributed by atoms with Crippen LogP contribution < -0.4 is 5.32 Å². The molecule has 3 N–H and O–H groups in total. The molecule has 2 rings (SSSR count). The Balaban J connectivity index is 1.93. The maximum atomic E-state index is 11.9. The summed E-state index contributed by atoms with van der Waals surface area (Å²) in [5.74, 6) is -0.161. The van der Waals surface area contributed by atoms with E-state index in [1.807, 2.05) is 19.2 Å². The number of hydrogen-bond acceptors (Lipinski definition) is 4. The second kappa shape index (κ2) is 6.67. The zero-order valence-corrected chi connectivity index (χ0v) is 12.5. The number of nitrogens with zero attached hydrogens (tertiary/aromatic N) is 1. The van der Waals surface area contributed by atoms with E-state index in [2.05, 4.69) is 15.3 Å². The highest BCUT2D eigenvalue weighted by Crippen LogP contribution is 2.22. The van der Waals surface area contributed by atoms with Gasteiger partial charge in [0, 0.05) is 23.7 Å². The van der Waals surface area contributed by atoms with Crippen LogP contribution in [0, 0.1) is 6.92 Å². The number of thiazole rings is 1. The van der Waals surface area contributed by atoms with Crippen molar-refractivity contribution in [1.29, 1.82) is 0 Å². The van der Waals surface area contributed by atoms with Gasteiger partial charge in [-0.25, -0.2) is 4.98 Å². The summed E-state index contributed by atoms with van der Waals surface area (Å²) in [4.78, 5) is 19.3. The first kappa shape index (κ1) is 14.7. The number of aryl methyl sites for hydroxylation is 1. The van der Waals surface area contributed by atoms with Gasteiger partial charge in [0.25, 0.3) is 5.91 Å². The molecule has 0 saturated carbocycles. The Morgan fingerprint density at radius 2 is 2.40 bits per heavy atom. The molecule has 0 aliphatic carbocycles. The molecule has 0 spiro atoms. The molecule has 6 heteroatoms. The van der Waals surface area contributed by atoms with E-state index >= 15 is 0 Å². The molecule has 0 fully saturated rings. The van der Waals surface area contributed by atoms with Crippen molar-refractivity contribution in [2.24, 2.45) is 0 Å². The maximum Gasteiger partial charge on any atom is 0.267 e. The first-order valence-corrected chi connectivity index (χ1v) is 7.55.